The lowest BCUT2D eigenvalue weighted by atomic mass is 9.97. The summed E-state index contributed by atoms with van der Waals surface area (Å²) in [4.78, 5) is 59.5. The summed E-state index contributed by atoms with van der Waals surface area (Å²) in [7, 11) is 0. The monoisotopic (exact) mass is 462 g/mol. The average Bonchev–Trinajstić information content (AvgIpc) is 2.70. The summed E-state index contributed by atoms with van der Waals surface area (Å²) >= 11 is 4.03. The van der Waals surface area contributed by atoms with Crippen LogP contribution < -0.4 is 21.7 Å². The zero-order valence-corrected chi connectivity index (χ0v) is 19.1. The maximum atomic E-state index is 12.7. The fourth-order valence-electron chi connectivity index (χ4n) is 2.55. The van der Waals surface area contributed by atoms with Crippen LogP contribution in [0.25, 0.3) is 0 Å². The minimum Gasteiger partial charge on any atom is -0.481 e. The smallest absolute Gasteiger partial charge is 0.326 e. The molecule has 0 radical (unpaired) electrons. The molecule has 5 unspecified atom stereocenters. The van der Waals surface area contributed by atoms with E-state index in [2.05, 4.69) is 28.6 Å². The van der Waals surface area contributed by atoms with E-state index in [1.807, 2.05) is 13.8 Å². The molecule has 11 nitrogen and oxygen atoms in total. The van der Waals surface area contributed by atoms with Gasteiger partial charge < -0.3 is 31.9 Å². The Kier molecular flexibility index (Phi) is 12.8. The number of thiol groups is 1. The minimum absolute atomic E-state index is 0.0920. The number of carboxylic acids is 2. The number of rotatable bonds is 14. The number of nitrogens with one attached hydrogen (secondary N) is 3. The van der Waals surface area contributed by atoms with E-state index < -0.39 is 60.2 Å². The molecule has 0 rings (SSSR count). The predicted molar refractivity (Wildman–Crippen MR) is 116 cm³/mol. The SMILES string of the molecule is CCC(C)C(N)C(=O)NC(C(=O)NC(CS)C(=O)NC(CCC(=O)O)C(=O)O)C(C)C. The molecule has 178 valence electrons. The van der Waals surface area contributed by atoms with Crippen molar-refractivity contribution in [1.29, 1.82) is 0 Å². The van der Waals surface area contributed by atoms with Gasteiger partial charge in [0.2, 0.25) is 17.7 Å². The molecule has 0 aliphatic carbocycles. The third-order valence-corrected chi connectivity index (χ3v) is 5.25. The van der Waals surface area contributed by atoms with Crippen LogP contribution in [0.3, 0.4) is 0 Å². The van der Waals surface area contributed by atoms with Crippen LogP contribution in [0.5, 0.6) is 0 Å². The number of amides is 3. The molecule has 0 spiro atoms. The van der Waals surface area contributed by atoms with Gasteiger partial charge in [-0.3, -0.25) is 19.2 Å². The maximum absolute atomic E-state index is 12.7. The summed E-state index contributed by atoms with van der Waals surface area (Å²) in [6.45, 7) is 7.13. The molecule has 7 N–H and O–H groups in total. The number of carbonyl (C=O) groups is 5. The summed E-state index contributed by atoms with van der Waals surface area (Å²) < 4.78 is 0. The molecule has 0 aliphatic heterocycles. The van der Waals surface area contributed by atoms with Crippen LogP contribution in [0.2, 0.25) is 0 Å². The largest absolute Gasteiger partial charge is 0.481 e. The van der Waals surface area contributed by atoms with Crippen molar-refractivity contribution >= 4 is 42.3 Å². The van der Waals surface area contributed by atoms with Crippen LogP contribution >= 0.6 is 12.6 Å². The summed E-state index contributed by atoms with van der Waals surface area (Å²) in [6.07, 6.45) is -0.0868. The van der Waals surface area contributed by atoms with Gasteiger partial charge in [0.25, 0.3) is 0 Å². The van der Waals surface area contributed by atoms with E-state index in [0.29, 0.717) is 6.42 Å². The zero-order valence-electron chi connectivity index (χ0n) is 18.3. The van der Waals surface area contributed by atoms with E-state index >= 15 is 0 Å². The number of carboxylic acid groups (broad SMARTS) is 2. The lowest BCUT2D eigenvalue weighted by Crippen LogP contribution is -2.59. The van der Waals surface area contributed by atoms with E-state index in [1.165, 1.54) is 0 Å². The van der Waals surface area contributed by atoms with Crippen LogP contribution in [-0.4, -0.2) is 69.8 Å². The van der Waals surface area contributed by atoms with Crippen molar-refractivity contribution in [3.05, 3.63) is 0 Å². The lowest BCUT2D eigenvalue weighted by molar-refractivity contribution is -0.143. The Hall–Kier alpha value is -2.34. The molecule has 0 bridgehead atoms. The van der Waals surface area contributed by atoms with E-state index in [9.17, 15) is 29.1 Å². The van der Waals surface area contributed by atoms with Crippen molar-refractivity contribution in [1.82, 2.24) is 16.0 Å². The van der Waals surface area contributed by atoms with Gasteiger partial charge in [0, 0.05) is 12.2 Å². The fourth-order valence-corrected chi connectivity index (χ4v) is 2.81. The Balaban J connectivity index is 5.20. The quantitative estimate of drug-likeness (QED) is 0.166. The van der Waals surface area contributed by atoms with Crippen LogP contribution in [0.15, 0.2) is 0 Å². The van der Waals surface area contributed by atoms with Gasteiger partial charge in [-0.2, -0.15) is 12.6 Å². The molecule has 0 heterocycles. The highest BCUT2D eigenvalue weighted by Crippen LogP contribution is 2.08. The van der Waals surface area contributed by atoms with Crippen LogP contribution in [-0.2, 0) is 24.0 Å². The fraction of sp³-hybridized carbons (Fsp3) is 0.737. The minimum atomic E-state index is -1.43. The summed E-state index contributed by atoms with van der Waals surface area (Å²) in [5.74, 6) is -5.12. The van der Waals surface area contributed by atoms with Gasteiger partial charge in [0.05, 0.1) is 6.04 Å². The number of nitrogens with two attached hydrogens (primary N) is 1. The highest BCUT2D eigenvalue weighted by atomic mass is 32.1. The lowest BCUT2D eigenvalue weighted by Gasteiger charge is -2.27. The van der Waals surface area contributed by atoms with Gasteiger partial charge in [0.15, 0.2) is 0 Å². The van der Waals surface area contributed by atoms with E-state index in [4.69, 9.17) is 10.8 Å². The third-order valence-electron chi connectivity index (χ3n) is 4.88. The van der Waals surface area contributed by atoms with Crippen molar-refractivity contribution in [3.63, 3.8) is 0 Å². The molecule has 0 fully saturated rings. The van der Waals surface area contributed by atoms with Crippen molar-refractivity contribution < 1.29 is 34.2 Å². The number of hydrogen-bond acceptors (Lipinski definition) is 7. The molecule has 31 heavy (non-hydrogen) atoms. The van der Waals surface area contributed by atoms with Gasteiger partial charge in [-0.25, -0.2) is 4.79 Å². The Morgan fingerprint density at radius 3 is 1.87 bits per heavy atom. The molecule has 0 aromatic rings. The zero-order chi connectivity index (χ0) is 24.3. The van der Waals surface area contributed by atoms with Crippen molar-refractivity contribution in [2.45, 2.75) is 71.1 Å². The summed E-state index contributed by atoms with van der Waals surface area (Å²) in [5.41, 5.74) is 5.91. The van der Waals surface area contributed by atoms with Gasteiger partial charge >= 0.3 is 11.9 Å². The second-order valence-electron chi connectivity index (χ2n) is 7.72. The predicted octanol–water partition coefficient (Wildman–Crippen LogP) is -0.651. The second kappa shape index (κ2) is 13.9. The van der Waals surface area contributed by atoms with Crippen molar-refractivity contribution in [2.24, 2.45) is 17.6 Å². The van der Waals surface area contributed by atoms with Gasteiger partial charge in [-0.1, -0.05) is 34.1 Å². The van der Waals surface area contributed by atoms with Gasteiger partial charge in [-0.05, 0) is 18.3 Å². The normalized spacial score (nSPS) is 15.8. The first-order chi connectivity index (χ1) is 14.3. The molecular formula is C19H34N4O7S. The van der Waals surface area contributed by atoms with Gasteiger partial charge in [-0.15, -0.1) is 0 Å². The summed E-state index contributed by atoms with van der Waals surface area (Å²) in [6, 6.07) is -4.39. The second-order valence-corrected chi connectivity index (χ2v) is 8.08. The maximum Gasteiger partial charge on any atom is 0.326 e. The van der Waals surface area contributed by atoms with Crippen molar-refractivity contribution in [3.8, 4) is 0 Å². The molecule has 12 heteroatoms. The molecule has 5 atom stereocenters. The van der Waals surface area contributed by atoms with Crippen molar-refractivity contribution in [2.75, 3.05) is 5.75 Å². The first-order valence-electron chi connectivity index (χ1n) is 10.1. The van der Waals surface area contributed by atoms with Gasteiger partial charge in [0.1, 0.15) is 18.1 Å². The van der Waals surface area contributed by atoms with E-state index in [1.54, 1.807) is 13.8 Å². The number of aliphatic carboxylic acids is 2. The van der Waals surface area contributed by atoms with E-state index in [-0.39, 0.29) is 24.0 Å². The molecule has 0 aromatic carbocycles. The Labute approximate surface area is 187 Å². The van der Waals surface area contributed by atoms with Crippen LogP contribution in [0.1, 0.15) is 47.0 Å². The summed E-state index contributed by atoms with van der Waals surface area (Å²) in [5, 5.41) is 25.1. The first kappa shape index (κ1) is 28.7. The topological polar surface area (TPSA) is 188 Å². The Morgan fingerprint density at radius 1 is 0.903 bits per heavy atom. The van der Waals surface area contributed by atoms with Crippen LogP contribution in [0, 0.1) is 11.8 Å². The number of carbonyl (C=O) groups excluding carboxylic acids is 3. The Bertz CT molecular complexity index is 659. The highest BCUT2D eigenvalue weighted by Gasteiger charge is 2.32. The molecule has 0 saturated carbocycles. The molecule has 0 aliphatic rings. The molecule has 0 saturated heterocycles. The first-order valence-corrected chi connectivity index (χ1v) is 10.7. The Morgan fingerprint density at radius 2 is 1.45 bits per heavy atom. The van der Waals surface area contributed by atoms with E-state index in [0.717, 1.165) is 0 Å². The van der Waals surface area contributed by atoms with Crippen LogP contribution in [0.4, 0.5) is 0 Å². The standard InChI is InChI=1S/C19H34N4O7S/c1-5-10(4)14(20)17(27)23-15(9(2)3)18(28)22-12(8-31)16(26)21-11(19(29)30)6-7-13(24)25/h9-12,14-15,31H,5-8,20H2,1-4H3,(H,21,26)(H,22,28)(H,23,27)(H,24,25)(H,29,30). The average molecular weight is 463 g/mol. The third kappa shape index (κ3) is 10.0. The molecule has 3 amide bonds. The molecule has 0 aromatic heterocycles. The highest BCUT2D eigenvalue weighted by molar-refractivity contribution is 7.80. The number of hydrogen-bond donors (Lipinski definition) is 7. The molecular weight excluding hydrogens is 428 g/mol.